The van der Waals surface area contributed by atoms with Gasteiger partial charge in [-0.3, -0.25) is 4.52 Å². The SMILES string of the molecule is CCCCCCCCc1ccc(OCCOCCOCCOCCOCCOCCOCCOP(=O)(O)O)cc1. The number of rotatable bonds is 30. The zero-order valence-electron chi connectivity index (χ0n) is 24.2. The van der Waals surface area contributed by atoms with E-state index in [1.165, 1.54) is 44.1 Å². The summed E-state index contributed by atoms with van der Waals surface area (Å²) < 4.78 is 52.8. The van der Waals surface area contributed by atoms with Crippen molar-refractivity contribution >= 4 is 7.82 Å². The summed E-state index contributed by atoms with van der Waals surface area (Å²) in [5.41, 5.74) is 1.37. The minimum absolute atomic E-state index is 0.0862. The number of phosphoric acid groups is 1. The molecule has 0 heterocycles. The van der Waals surface area contributed by atoms with Crippen LogP contribution in [0.5, 0.6) is 5.75 Å². The fraction of sp³-hybridized carbons (Fsp3) is 0.786. The van der Waals surface area contributed by atoms with Gasteiger partial charge in [0.15, 0.2) is 0 Å². The molecule has 1 rings (SSSR count). The van der Waals surface area contributed by atoms with Gasteiger partial charge >= 0.3 is 7.82 Å². The molecule has 0 saturated carbocycles. The molecule has 0 aliphatic rings. The van der Waals surface area contributed by atoms with E-state index in [1.807, 2.05) is 12.1 Å². The molecule has 0 aliphatic carbocycles. The Hall–Kier alpha value is -1.11. The summed E-state index contributed by atoms with van der Waals surface area (Å²) in [5.74, 6) is 0.872. The maximum atomic E-state index is 10.5. The van der Waals surface area contributed by atoms with Crippen LogP contribution in [-0.4, -0.2) is 102 Å². The molecule has 40 heavy (non-hydrogen) atoms. The van der Waals surface area contributed by atoms with Crippen molar-refractivity contribution in [1.82, 2.24) is 0 Å². The lowest BCUT2D eigenvalue weighted by Crippen LogP contribution is -2.15. The number of hydrogen-bond acceptors (Lipinski definition) is 9. The van der Waals surface area contributed by atoms with Gasteiger partial charge in [0, 0.05) is 0 Å². The number of phosphoric ester groups is 1. The van der Waals surface area contributed by atoms with Crippen LogP contribution in [0.3, 0.4) is 0 Å². The number of unbranched alkanes of at least 4 members (excludes halogenated alkanes) is 5. The van der Waals surface area contributed by atoms with Gasteiger partial charge in [0.25, 0.3) is 0 Å². The van der Waals surface area contributed by atoms with Gasteiger partial charge in [0.1, 0.15) is 12.4 Å². The fourth-order valence-corrected chi connectivity index (χ4v) is 3.81. The van der Waals surface area contributed by atoms with Crippen molar-refractivity contribution in [1.29, 1.82) is 0 Å². The Morgan fingerprint density at radius 2 is 0.950 bits per heavy atom. The van der Waals surface area contributed by atoms with E-state index in [0.717, 1.165) is 12.2 Å². The van der Waals surface area contributed by atoms with Gasteiger partial charge in [0.2, 0.25) is 0 Å². The minimum Gasteiger partial charge on any atom is -0.491 e. The third-order valence-electron chi connectivity index (χ3n) is 5.59. The molecule has 1 aromatic rings. The van der Waals surface area contributed by atoms with Gasteiger partial charge in [-0.15, -0.1) is 0 Å². The second kappa shape index (κ2) is 26.8. The van der Waals surface area contributed by atoms with Crippen molar-refractivity contribution in [3.8, 4) is 5.75 Å². The molecule has 1 aromatic carbocycles. The van der Waals surface area contributed by atoms with Gasteiger partial charge in [-0.05, 0) is 30.5 Å². The smallest absolute Gasteiger partial charge is 0.469 e. The Balaban J connectivity index is 1.76. The normalized spacial score (nSPS) is 11.8. The monoisotopic (exact) mass is 594 g/mol. The maximum absolute atomic E-state index is 10.5. The lowest BCUT2D eigenvalue weighted by atomic mass is 10.0. The summed E-state index contributed by atoms with van der Waals surface area (Å²) in [7, 11) is -4.43. The van der Waals surface area contributed by atoms with E-state index in [4.69, 9.17) is 42.9 Å². The number of hydrogen-bond donors (Lipinski definition) is 2. The quantitative estimate of drug-likeness (QED) is 0.0982. The molecule has 2 N–H and O–H groups in total. The fourth-order valence-electron chi connectivity index (χ4n) is 3.50. The largest absolute Gasteiger partial charge is 0.491 e. The Morgan fingerprint density at radius 3 is 1.40 bits per heavy atom. The predicted octanol–water partition coefficient (Wildman–Crippen LogP) is 4.18. The van der Waals surface area contributed by atoms with E-state index in [1.54, 1.807) is 0 Å². The Morgan fingerprint density at radius 1 is 0.550 bits per heavy atom. The molecule has 0 fully saturated rings. The molecular formula is C28H51O11P. The number of aryl methyl sites for hydroxylation is 1. The molecule has 11 nitrogen and oxygen atoms in total. The highest BCUT2D eigenvalue weighted by Crippen LogP contribution is 2.35. The first-order valence-electron chi connectivity index (χ1n) is 14.4. The maximum Gasteiger partial charge on any atom is 0.469 e. The van der Waals surface area contributed by atoms with Crippen LogP contribution in [0.15, 0.2) is 24.3 Å². The van der Waals surface area contributed by atoms with Crippen LogP contribution in [-0.2, 0) is 43.9 Å². The molecule has 0 bridgehead atoms. The second-order valence-electron chi connectivity index (χ2n) is 9.01. The highest BCUT2D eigenvalue weighted by atomic mass is 31.2. The highest BCUT2D eigenvalue weighted by Gasteiger charge is 2.12. The van der Waals surface area contributed by atoms with Gasteiger partial charge in [-0.2, -0.15) is 0 Å². The van der Waals surface area contributed by atoms with Gasteiger partial charge in [-0.25, -0.2) is 4.57 Å². The number of ether oxygens (including phenoxy) is 7. The van der Waals surface area contributed by atoms with Crippen LogP contribution in [0.1, 0.15) is 51.0 Å². The lowest BCUT2D eigenvalue weighted by Gasteiger charge is -2.09. The topological polar surface area (TPSA) is 131 Å². The van der Waals surface area contributed by atoms with Crippen LogP contribution in [0.2, 0.25) is 0 Å². The molecule has 0 saturated heterocycles. The lowest BCUT2D eigenvalue weighted by molar-refractivity contribution is -0.0190. The molecule has 0 unspecified atom stereocenters. The molecular weight excluding hydrogens is 543 g/mol. The van der Waals surface area contributed by atoms with Crippen molar-refractivity contribution in [3.63, 3.8) is 0 Å². The molecule has 0 radical (unpaired) electrons. The van der Waals surface area contributed by atoms with Crippen LogP contribution >= 0.6 is 7.82 Å². The summed E-state index contributed by atoms with van der Waals surface area (Å²) in [6, 6.07) is 8.38. The Kier molecular flexibility index (Phi) is 24.7. The number of benzene rings is 1. The summed E-state index contributed by atoms with van der Waals surface area (Å²) in [5, 5.41) is 0. The van der Waals surface area contributed by atoms with Gasteiger partial charge in [-0.1, -0.05) is 51.2 Å². The molecule has 0 amide bonds. The van der Waals surface area contributed by atoms with Crippen molar-refractivity contribution in [3.05, 3.63) is 29.8 Å². The van der Waals surface area contributed by atoms with E-state index in [2.05, 4.69) is 23.6 Å². The second-order valence-corrected chi connectivity index (χ2v) is 10.2. The minimum atomic E-state index is -4.43. The first kappa shape index (κ1) is 36.9. The Labute approximate surface area is 240 Å². The van der Waals surface area contributed by atoms with E-state index in [0.29, 0.717) is 79.3 Å². The van der Waals surface area contributed by atoms with Crippen LogP contribution in [0.4, 0.5) is 0 Å². The first-order chi connectivity index (χ1) is 19.5. The predicted molar refractivity (Wildman–Crippen MR) is 152 cm³/mol. The van der Waals surface area contributed by atoms with E-state index in [9.17, 15) is 4.57 Å². The van der Waals surface area contributed by atoms with E-state index < -0.39 is 7.82 Å². The van der Waals surface area contributed by atoms with Gasteiger partial charge < -0.3 is 42.9 Å². The molecule has 0 aromatic heterocycles. The van der Waals surface area contributed by atoms with Crippen LogP contribution < -0.4 is 4.74 Å². The van der Waals surface area contributed by atoms with Crippen molar-refractivity contribution < 1.29 is 52.0 Å². The van der Waals surface area contributed by atoms with E-state index in [-0.39, 0.29) is 13.2 Å². The zero-order chi connectivity index (χ0) is 29.0. The molecule has 234 valence electrons. The van der Waals surface area contributed by atoms with Crippen molar-refractivity contribution in [2.24, 2.45) is 0 Å². The molecule has 0 aliphatic heterocycles. The third kappa shape index (κ3) is 25.8. The average molecular weight is 595 g/mol. The summed E-state index contributed by atoms with van der Waals surface area (Å²) in [6.07, 6.45) is 9.04. The average Bonchev–Trinajstić information content (AvgIpc) is 2.93. The summed E-state index contributed by atoms with van der Waals surface area (Å²) >= 11 is 0. The standard InChI is InChI=1S/C28H51O11P/c1-2-3-4-5-6-7-8-27-9-11-28(12-10-27)38-25-23-36-21-19-34-17-15-32-13-14-33-16-18-35-20-22-37-24-26-39-40(29,30)31/h9-12H,2-8,13-26H2,1H3,(H2,29,30,31). The molecule has 0 spiro atoms. The first-order valence-corrected chi connectivity index (χ1v) is 15.9. The van der Waals surface area contributed by atoms with Crippen LogP contribution in [0.25, 0.3) is 0 Å². The van der Waals surface area contributed by atoms with Crippen LogP contribution in [0, 0.1) is 0 Å². The summed E-state index contributed by atoms with van der Waals surface area (Å²) in [6.45, 7) is 7.64. The third-order valence-corrected chi connectivity index (χ3v) is 6.10. The van der Waals surface area contributed by atoms with Crippen molar-refractivity contribution in [2.75, 3.05) is 92.5 Å². The van der Waals surface area contributed by atoms with Gasteiger partial charge in [0.05, 0.1) is 85.9 Å². The molecule has 0 atom stereocenters. The summed E-state index contributed by atoms with van der Waals surface area (Å²) in [4.78, 5) is 17.0. The molecule has 12 heteroatoms. The zero-order valence-corrected chi connectivity index (χ0v) is 25.1. The highest BCUT2D eigenvalue weighted by molar-refractivity contribution is 7.46. The van der Waals surface area contributed by atoms with E-state index >= 15 is 0 Å². The Bertz CT molecular complexity index is 715. The van der Waals surface area contributed by atoms with Crippen molar-refractivity contribution in [2.45, 2.75) is 51.9 Å².